The van der Waals surface area contributed by atoms with Crippen molar-refractivity contribution < 1.29 is 0 Å². The van der Waals surface area contributed by atoms with E-state index in [0.29, 0.717) is 0 Å². The molecule has 1 unspecified atom stereocenters. The fourth-order valence-electron chi connectivity index (χ4n) is 2.45. The van der Waals surface area contributed by atoms with E-state index in [9.17, 15) is 0 Å². The third kappa shape index (κ3) is 2.45. The Morgan fingerprint density at radius 3 is 2.31 bits per heavy atom. The Morgan fingerprint density at radius 1 is 1.00 bits per heavy atom. The summed E-state index contributed by atoms with van der Waals surface area (Å²) < 4.78 is 0. The Labute approximate surface area is 97.9 Å². The Bertz CT molecular complexity index is 324. The second kappa shape index (κ2) is 4.56. The van der Waals surface area contributed by atoms with Crippen molar-refractivity contribution in [2.45, 2.75) is 19.0 Å². The first-order valence-electron chi connectivity index (χ1n) is 6.25. The normalized spacial score (nSPS) is 23.5. The summed E-state index contributed by atoms with van der Waals surface area (Å²) in [6.45, 7) is 6.05. The summed E-state index contributed by atoms with van der Waals surface area (Å²) in [5.74, 6) is 0. The molecule has 16 heavy (non-hydrogen) atoms. The van der Waals surface area contributed by atoms with Gasteiger partial charge in [0.25, 0.3) is 0 Å². The van der Waals surface area contributed by atoms with Crippen LogP contribution in [-0.4, -0.2) is 42.0 Å². The first-order valence-corrected chi connectivity index (χ1v) is 6.25. The van der Waals surface area contributed by atoms with Gasteiger partial charge in [0.15, 0.2) is 0 Å². The van der Waals surface area contributed by atoms with E-state index in [2.05, 4.69) is 46.6 Å². The summed E-state index contributed by atoms with van der Waals surface area (Å²) in [4.78, 5) is 5.18. The van der Waals surface area contributed by atoms with Crippen LogP contribution in [0.1, 0.15) is 12.0 Å². The van der Waals surface area contributed by atoms with Crippen LogP contribution >= 0.6 is 0 Å². The van der Waals surface area contributed by atoms with Gasteiger partial charge in [0.05, 0.1) is 0 Å². The number of rotatable bonds is 3. The highest BCUT2D eigenvalue weighted by Gasteiger charge is 2.31. The SMILES string of the molecule is [CH]1CC1N1CCN(Cc2ccccc2)CC1. The minimum atomic E-state index is 0.818. The molecular formula is C14H19N2. The van der Waals surface area contributed by atoms with Crippen LogP contribution in [0.3, 0.4) is 0 Å². The molecule has 1 saturated carbocycles. The van der Waals surface area contributed by atoms with Gasteiger partial charge in [-0.05, 0) is 18.4 Å². The predicted octanol–water partition coefficient (Wildman–Crippen LogP) is 1.78. The Balaban J connectivity index is 1.50. The van der Waals surface area contributed by atoms with Crippen molar-refractivity contribution in [1.82, 2.24) is 9.80 Å². The Morgan fingerprint density at radius 2 is 1.69 bits per heavy atom. The lowest BCUT2D eigenvalue weighted by molar-refractivity contribution is 0.124. The minimum absolute atomic E-state index is 0.818. The Hall–Kier alpha value is -0.860. The molecule has 1 aromatic rings. The van der Waals surface area contributed by atoms with Gasteiger partial charge in [-0.15, -0.1) is 0 Å². The zero-order chi connectivity index (χ0) is 10.8. The second-order valence-corrected chi connectivity index (χ2v) is 4.84. The molecule has 1 radical (unpaired) electrons. The molecule has 2 aliphatic rings. The molecule has 0 spiro atoms. The lowest BCUT2D eigenvalue weighted by Crippen LogP contribution is -2.46. The molecule has 0 N–H and O–H groups in total. The van der Waals surface area contributed by atoms with Crippen LogP contribution in [0.4, 0.5) is 0 Å². The summed E-state index contributed by atoms with van der Waals surface area (Å²) in [7, 11) is 0. The lowest BCUT2D eigenvalue weighted by atomic mass is 10.2. The maximum absolute atomic E-state index is 2.61. The fraction of sp³-hybridized carbons (Fsp3) is 0.500. The lowest BCUT2D eigenvalue weighted by Gasteiger charge is -2.34. The van der Waals surface area contributed by atoms with Crippen molar-refractivity contribution in [2.75, 3.05) is 26.2 Å². The quantitative estimate of drug-likeness (QED) is 0.758. The van der Waals surface area contributed by atoms with Gasteiger partial charge < -0.3 is 0 Å². The zero-order valence-corrected chi connectivity index (χ0v) is 9.68. The molecular weight excluding hydrogens is 196 g/mol. The van der Waals surface area contributed by atoms with Gasteiger partial charge in [0.1, 0.15) is 0 Å². The zero-order valence-electron chi connectivity index (χ0n) is 9.68. The van der Waals surface area contributed by atoms with Crippen LogP contribution in [0.25, 0.3) is 0 Å². The molecule has 1 aromatic carbocycles. The van der Waals surface area contributed by atoms with Gasteiger partial charge in [-0.2, -0.15) is 0 Å². The van der Waals surface area contributed by atoms with Gasteiger partial charge in [-0.3, -0.25) is 9.80 Å². The molecule has 0 amide bonds. The summed E-state index contributed by atoms with van der Waals surface area (Å²) >= 11 is 0. The van der Waals surface area contributed by atoms with Crippen molar-refractivity contribution in [2.24, 2.45) is 0 Å². The third-order valence-corrected chi connectivity index (χ3v) is 3.57. The van der Waals surface area contributed by atoms with Crippen molar-refractivity contribution in [3.05, 3.63) is 42.3 Å². The summed E-state index contributed by atoms with van der Waals surface area (Å²) in [6.07, 6.45) is 3.73. The molecule has 1 atom stereocenters. The van der Waals surface area contributed by atoms with E-state index in [1.54, 1.807) is 0 Å². The largest absolute Gasteiger partial charge is 0.298 e. The van der Waals surface area contributed by atoms with E-state index >= 15 is 0 Å². The summed E-state index contributed by atoms with van der Waals surface area (Å²) in [5.41, 5.74) is 1.44. The van der Waals surface area contributed by atoms with E-state index in [4.69, 9.17) is 0 Å². The number of hydrogen-bond donors (Lipinski definition) is 0. The predicted molar refractivity (Wildman–Crippen MR) is 66.0 cm³/mol. The van der Waals surface area contributed by atoms with Gasteiger partial charge in [-0.1, -0.05) is 30.3 Å². The highest BCUT2D eigenvalue weighted by Crippen LogP contribution is 2.26. The number of hydrogen-bond acceptors (Lipinski definition) is 2. The maximum Gasteiger partial charge on any atom is 0.0234 e. The monoisotopic (exact) mass is 215 g/mol. The standard InChI is InChI=1S/C14H19N2/c1-2-4-13(5-3-1)12-15-8-10-16(11-9-15)14-6-7-14/h1-6,14H,7-12H2. The van der Waals surface area contributed by atoms with Gasteiger partial charge >= 0.3 is 0 Å². The Kier molecular flexibility index (Phi) is 2.94. The van der Waals surface area contributed by atoms with Crippen molar-refractivity contribution in [3.8, 4) is 0 Å². The number of benzene rings is 1. The molecule has 2 nitrogen and oxygen atoms in total. The molecule has 1 saturated heterocycles. The molecule has 2 heteroatoms. The maximum atomic E-state index is 2.61. The molecule has 1 aliphatic carbocycles. The summed E-state index contributed by atoms with van der Waals surface area (Å²) in [6, 6.07) is 11.6. The van der Waals surface area contributed by atoms with E-state index in [0.717, 1.165) is 12.6 Å². The average Bonchev–Trinajstić information content (AvgIpc) is 3.15. The van der Waals surface area contributed by atoms with E-state index in [1.807, 2.05) is 0 Å². The smallest absolute Gasteiger partial charge is 0.0234 e. The van der Waals surface area contributed by atoms with Gasteiger partial charge in [-0.25, -0.2) is 0 Å². The van der Waals surface area contributed by atoms with Crippen molar-refractivity contribution in [1.29, 1.82) is 0 Å². The molecule has 0 aromatic heterocycles. The van der Waals surface area contributed by atoms with Crippen LogP contribution in [0.15, 0.2) is 30.3 Å². The van der Waals surface area contributed by atoms with Crippen LogP contribution in [-0.2, 0) is 6.54 Å². The highest BCUT2D eigenvalue weighted by atomic mass is 15.3. The van der Waals surface area contributed by atoms with Crippen LogP contribution in [0.5, 0.6) is 0 Å². The van der Waals surface area contributed by atoms with Crippen molar-refractivity contribution in [3.63, 3.8) is 0 Å². The molecule has 0 bridgehead atoms. The minimum Gasteiger partial charge on any atom is -0.298 e. The topological polar surface area (TPSA) is 6.48 Å². The van der Waals surface area contributed by atoms with Crippen LogP contribution < -0.4 is 0 Å². The van der Waals surface area contributed by atoms with E-state index in [-0.39, 0.29) is 0 Å². The first kappa shape index (κ1) is 10.3. The first-order chi connectivity index (χ1) is 7.92. The fourth-order valence-corrected chi connectivity index (χ4v) is 2.45. The van der Waals surface area contributed by atoms with Gasteiger partial charge in [0, 0.05) is 38.8 Å². The van der Waals surface area contributed by atoms with Gasteiger partial charge in [0.2, 0.25) is 0 Å². The molecule has 3 rings (SSSR count). The molecule has 85 valence electrons. The van der Waals surface area contributed by atoms with E-state index < -0.39 is 0 Å². The number of piperazine rings is 1. The van der Waals surface area contributed by atoms with Crippen molar-refractivity contribution >= 4 is 0 Å². The van der Waals surface area contributed by atoms with Crippen LogP contribution in [0, 0.1) is 6.42 Å². The average molecular weight is 215 g/mol. The van der Waals surface area contributed by atoms with Crippen LogP contribution in [0.2, 0.25) is 0 Å². The third-order valence-electron chi connectivity index (χ3n) is 3.57. The molecule has 1 heterocycles. The van der Waals surface area contributed by atoms with E-state index in [1.165, 1.54) is 38.2 Å². The highest BCUT2D eigenvalue weighted by molar-refractivity contribution is 5.14. The molecule has 2 fully saturated rings. The number of nitrogens with zero attached hydrogens (tertiary/aromatic N) is 2. The second-order valence-electron chi connectivity index (χ2n) is 4.84. The molecule has 1 aliphatic heterocycles. The summed E-state index contributed by atoms with van der Waals surface area (Å²) in [5, 5.41) is 0.